The average Bonchev–Trinajstić information content (AvgIpc) is 2.49. The Bertz CT molecular complexity index is 310. The highest BCUT2D eigenvalue weighted by Crippen LogP contribution is 2.32. The Kier molecular flexibility index (Phi) is 1.11. The fourth-order valence-corrected chi connectivity index (χ4v) is 2.05. The van der Waals surface area contributed by atoms with Crippen LogP contribution in [0.1, 0.15) is 6.42 Å². The Morgan fingerprint density at radius 1 is 1.58 bits per heavy atom. The number of pyridine rings is 1. The first-order chi connectivity index (χ1) is 5.93. The number of hydrogen-bond acceptors (Lipinski definition) is 3. The maximum absolute atomic E-state index is 4.31. The van der Waals surface area contributed by atoms with Gasteiger partial charge in [-0.1, -0.05) is 0 Å². The molecule has 1 atom stereocenters. The molecule has 0 spiro atoms. The van der Waals surface area contributed by atoms with E-state index in [-0.39, 0.29) is 0 Å². The summed E-state index contributed by atoms with van der Waals surface area (Å²) in [5, 5.41) is 3.44. The number of hydrogen-bond donors (Lipinski definition) is 1. The molecular weight excluding hydrogens is 150 g/mol. The van der Waals surface area contributed by atoms with Crippen LogP contribution in [0.5, 0.6) is 0 Å². The number of nitrogens with zero attached hydrogens (tertiary/aromatic N) is 2. The smallest absolute Gasteiger partial charge is 0.149 e. The highest BCUT2D eigenvalue weighted by atomic mass is 15.3. The zero-order valence-corrected chi connectivity index (χ0v) is 6.83. The lowest BCUT2D eigenvalue weighted by atomic mass is 10.2. The molecule has 2 aliphatic rings. The molecule has 1 N–H and O–H groups in total. The van der Waals surface area contributed by atoms with E-state index >= 15 is 0 Å². The zero-order valence-electron chi connectivity index (χ0n) is 6.83. The standard InChI is InChI=1S/C9H11N3/c1-2-8-9(10-4-1)11-7-3-5-12(8)6-7/h1-2,4,7H,3,5-6H2,(H,10,11)/t7-/m0/s1. The number of rotatable bonds is 0. The van der Waals surface area contributed by atoms with E-state index in [1.54, 1.807) is 0 Å². The molecule has 12 heavy (non-hydrogen) atoms. The van der Waals surface area contributed by atoms with E-state index in [4.69, 9.17) is 0 Å². The Hall–Kier alpha value is -1.25. The summed E-state index contributed by atoms with van der Waals surface area (Å²) in [7, 11) is 0. The summed E-state index contributed by atoms with van der Waals surface area (Å²) >= 11 is 0. The van der Waals surface area contributed by atoms with Gasteiger partial charge in [0.25, 0.3) is 0 Å². The predicted molar refractivity (Wildman–Crippen MR) is 48.5 cm³/mol. The molecule has 2 bridgehead atoms. The van der Waals surface area contributed by atoms with E-state index < -0.39 is 0 Å². The molecule has 3 rings (SSSR count). The molecule has 0 unspecified atom stereocenters. The first-order valence-corrected chi connectivity index (χ1v) is 4.40. The lowest BCUT2D eigenvalue weighted by Crippen LogP contribution is -2.32. The van der Waals surface area contributed by atoms with Gasteiger partial charge < -0.3 is 10.2 Å². The highest BCUT2D eigenvalue weighted by Gasteiger charge is 2.29. The molecule has 0 saturated carbocycles. The van der Waals surface area contributed by atoms with Gasteiger partial charge in [0.15, 0.2) is 0 Å². The normalized spacial score (nSPS) is 25.0. The molecule has 1 aromatic rings. The molecule has 0 aliphatic carbocycles. The minimum atomic E-state index is 0.632. The molecule has 3 heterocycles. The van der Waals surface area contributed by atoms with Crippen LogP contribution in [0, 0.1) is 0 Å². The van der Waals surface area contributed by atoms with Crippen LogP contribution in [0.15, 0.2) is 18.3 Å². The highest BCUT2D eigenvalue weighted by molar-refractivity contribution is 5.69. The monoisotopic (exact) mass is 161 g/mol. The second-order valence-corrected chi connectivity index (χ2v) is 3.45. The molecule has 1 aromatic heterocycles. The third-order valence-corrected chi connectivity index (χ3v) is 2.66. The lowest BCUT2D eigenvalue weighted by molar-refractivity contribution is 0.788. The third-order valence-electron chi connectivity index (χ3n) is 2.66. The number of nitrogens with one attached hydrogen (secondary N) is 1. The summed E-state index contributed by atoms with van der Waals surface area (Å²) in [5.74, 6) is 1.06. The van der Waals surface area contributed by atoms with Gasteiger partial charge >= 0.3 is 0 Å². The summed E-state index contributed by atoms with van der Waals surface area (Å²) in [5.41, 5.74) is 1.27. The summed E-state index contributed by atoms with van der Waals surface area (Å²) in [6.45, 7) is 2.33. The van der Waals surface area contributed by atoms with Crippen molar-refractivity contribution in [2.45, 2.75) is 12.5 Å². The summed E-state index contributed by atoms with van der Waals surface area (Å²) in [4.78, 5) is 6.71. The van der Waals surface area contributed by atoms with Crippen molar-refractivity contribution in [1.29, 1.82) is 0 Å². The SMILES string of the molecule is c1cnc2c(c1)N1CC[C@@H](C1)N2. The van der Waals surface area contributed by atoms with Gasteiger partial charge in [0.05, 0.1) is 5.69 Å². The molecule has 62 valence electrons. The van der Waals surface area contributed by atoms with Crippen molar-refractivity contribution in [2.75, 3.05) is 23.3 Å². The van der Waals surface area contributed by atoms with E-state index in [0.29, 0.717) is 6.04 Å². The first-order valence-electron chi connectivity index (χ1n) is 4.40. The molecule has 3 heteroatoms. The average molecular weight is 161 g/mol. The van der Waals surface area contributed by atoms with Crippen LogP contribution in [0.3, 0.4) is 0 Å². The van der Waals surface area contributed by atoms with Crippen molar-refractivity contribution in [3.8, 4) is 0 Å². The number of anilines is 2. The van der Waals surface area contributed by atoms with E-state index in [1.165, 1.54) is 18.7 Å². The molecule has 1 fully saturated rings. The van der Waals surface area contributed by atoms with Crippen LogP contribution < -0.4 is 10.2 Å². The van der Waals surface area contributed by atoms with Crippen LogP contribution in [-0.4, -0.2) is 24.1 Å². The molecule has 2 aliphatic heterocycles. The van der Waals surface area contributed by atoms with Crippen LogP contribution >= 0.6 is 0 Å². The van der Waals surface area contributed by atoms with Gasteiger partial charge in [-0.05, 0) is 18.6 Å². The second kappa shape index (κ2) is 2.12. The van der Waals surface area contributed by atoms with Gasteiger partial charge in [-0.15, -0.1) is 0 Å². The Morgan fingerprint density at radius 3 is 3.58 bits per heavy atom. The van der Waals surface area contributed by atoms with Gasteiger partial charge in [-0.2, -0.15) is 0 Å². The molecule has 0 amide bonds. The van der Waals surface area contributed by atoms with E-state index in [9.17, 15) is 0 Å². The minimum Gasteiger partial charge on any atom is -0.366 e. The molecular formula is C9H11N3. The van der Waals surface area contributed by atoms with Crippen LogP contribution in [0.25, 0.3) is 0 Å². The van der Waals surface area contributed by atoms with Crippen molar-refractivity contribution in [3.05, 3.63) is 18.3 Å². The van der Waals surface area contributed by atoms with Gasteiger partial charge in [0.2, 0.25) is 0 Å². The topological polar surface area (TPSA) is 28.2 Å². The Balaban J connectivity index is 2.13. The molecule has 1 saturated heterocycles. The largest absolute Gasteiger partial charge is 0.366 e. The number of fused-ring (bicyclic) bond motifs is 4. The van der Waals surface area contributed by atoms with Crippen LogP contribution in [0.2, 0.25) is 0 Å². The molecule has 0 aromatic carbocycles. The fraction of sp³-hybridized carbons (Fsp3) is 0.444. The van der Waals surface area contributed by atoms with Crippen LogP contribution in [-0.2, 0) is 0 Å². The zero-order chi connectivity index (χ0) is 7.97. The molecule has 3 nitrogen and oxygen atoms in total. The summed E-state index contributed by atoms with van der Waals surface area (Å²) in [6, 6.07) is 4.77. The van der Waals surface area contributed by atoms with Crippen molar-refractivity contribution in [3.63, 3.8) is 0 Å². The Labute approximate surface area is 71.4 Å². The second-order valence-electron chi connectivity index (χ2n) is 3.45. The van der Waals surface area contributed by atoms with Crippen molar-refractivity contribution in [2.24, 2.45) is 0 Å². The van der Waals surface area contributed by atoms with Gasteiger partial charge in [-0.25, -0.2) is 4.98 Å². The predicted octanol–water partition coefficient (Wildman–Crippen LogP) is 1.09. The minimum absolute atomic E-state index is 0.632. The Morgan fingerprint density at radius 2 is 2.58 bits per heavy atom. The maximum atomic E-state index is 4.31. The van der Waals surface area contributed by atoms with E-state index in [2.05, 4.69) is 21.3 Å². The summed E-state index contributed by atoms with van der Waals surface area (Å²) in [6.07, 6.45) is 3.09. The van der Waals surface area contributed by atoms with E-state index in [0.717, 1.165) is 12.4 Å². The van der Waals surface area contributed by atoms with Crippen molar-refractivity contribution >= 4 is 11.5 Å². The van der Waals surface area contributed by atoms with Crippen molar-refractivity contribution < 1.29 is 0 Å². The summed E-state index contributed by atoms with van der Waals surface area (Å²) < 4.78 is 0. The van der Waals surface area contributed by atoms with Gasteiger partial charge in [0, 0.05) is 25.3 Å². The van der Waals surface area contributed by atoms with E-state index in [1.807, 2.05) is 12.3 Å². The van der Waals surface area contributed by atoms with Gasteiger partial charge in [0.1, 0.15) is 5.82 Å². The number of aromatic nitrogens is 1. The first kappa shape index (κ1) is 6.29. The maximum Gasteiger partial charge on any atom is 0.149 e. The quantitative estimate of drug-likeness (QED) is 0.617. The van der Waals surface area contributed by atoms with Crippen molar-refractivity contribution in [1.82, 2.24) is 4.98 Å². The van der Waals surface area contributed by atoms with Gasteiger partial charge in [-0.3, -0.25) is 0 Å². The fourth-order valence-electron chi connectivity index (χ4n) is 2.05. The molecule has 0 radical (unpaired) electrons. The third kappa shape index (κ3) is 0.734. The van der Waals surface area contributed by atoms with Crippen LogP contribution in [0.4, 0.5) is 11.5 Å². The lowest BCUT2D eigenvalue weighted by Gasteiger charge is -2.27.